The number of anilines is 2. The summed E-state index contributed by atoms with van der Waals surface area (Å²) in [6.07, 6.45) is 4.67. The molecule has 0 aliphatic carbocycles. The van der Waals surface area contributed by atoms with E-state index < -0.39 is 0 Å². The van der Waals surface area contributed by atoms with Crippen molar-refractivity contribution >= 4 is 17.5 Å². The van der Waals surface area contributed by atoms with Crippen molar-refractivity contribution in [2.45, 2.75) is 6.92 Å². The summed E-state index contributed by atoms with van der Waals surface area (Å²) in [6.45, 7) is 1.77. The molecule has 26 heavy (non-hydrogen) atoms. The van der Waals surface area contributed by atoms with Gasteiger partial charge < -0.3 is 15.0 Å². The van der Waals surface area contributed by atoms with E-state index in [1.807, 2.05) is 20.2 Å². The van der Waals surface area contributed by atoms with Gasteiger partial charge in [-0.1, -0.05) is 0 Å². The number of hydrogen-bond acceptors (Lipinski definition) is 7. The van der Waals surface area contributed by atoms with Crippen LogP contribution >= 0.6 is 0 Å². The minimum Gasteiger partial charge on any atom is -0.495 e. The number of carbonyl (C=O) groups excluding carboxylic acids is 1. The zero-order valence-corrected chi connectivity index (χ0v) is 15.0. The second-order valence-electron chi connectivity index (χ2n) is 5.77. The zero-order chi connectivity index (χ0) is 18.7. The van der Waals surface area contributed by atoms with Crippen LogP contribution in [0.2, 0.25) is 0 Å². The topological polar surface area (TPSA) is 98.1 Å². The Kier molecular flexibility index (Phi) is 4.78. The molecule has 0 aliphatic heterocycles. The summed E-state index contributed by atoms with van der Waals surface area (Å²) in [5.74, 6) is 0.775. The van der Waals surface area contributed by atoms with Crippen molar-refractivity contribution in [2.75, 3.05) is 31.4 Å². The highest BCUT2D eigenvalue weighted by molar-refractivity contribution is 6.05. The maximum Gasteiger partial charge on any atom is 0.259 e. The number of rotatable bonds is 5. The first-order valence-corrected chi connectivity index (χ1v) is 7.85. The van der Waals surface area contributed by atoms with Crippen molar-refractivity contribution in [3.8, 4) is 11.4 Å². The number of benzene rings is 1. The lowest BCUT2D eigenvalue weighted by molar-refractivity contribution is 0.102. The van der Waals surface area contributed by atoms with Crippen LogP contribution in [0.25, 0.3) is 5.69 Å². The third kappa shape index (κ3) is 3.46. The number of hydrogen-bond donors (Lipinski definition) is 1. The molecule has 0 fully saturated rings. The van der Waals surface area contributed by atoms with E-state index in [0.717, 1.165) is 5.69 Å². The largest absolute Gasteiger partial charge is 0.495 e. The molecule has 1 aromatic carbocycles. The van der Waals surface area contributed by atoms with Gasteiger partial charge in [0.15, 0.2) is 0 Å². The summed E-state index contributed by atoms with van der Waals surface area (Å²) < 4.78 is 7.07. The summed E-state index contributed by atoms with van der Waals surface area (Å²) >= 11 is 0. The number of nitrogens with zero attached hydrogens (tertiary/aromatic N) is 6. The molecule has 9 heteroatoms. The maximum absolute atomic E-state index is 12.7. The van der Waals surface area contributed by atoms with Gasteiger partial charge in [0.25, 0.3) is 5.91 Å². The minimum atomic E-state index is -0.313. The fraction of sp³-hybridized carbons (Fsp3) is 0.235. The molecule has 134 valence electrons. The minimum absolute atomic E-state index is 0.313. The highest BCUT2D eigenvalue weighted by Crippen LogP contribution is 2.27. The van der Waals surface area contributed by atoms with Gasteiger partial charge in [-0.2, -0.15) is 0 Å². The van der Waals surface area contributed by atoms with Crippen LogP contribution in [0.4, 0.5) is 11.6 Å². The average molecular weight is 353 g/mol. The number of methoxy groups -OCH3 is 1. The molecule has 0 spiro atoms. The SMILES string of the molecule is COc1ccc(-n2cnnc2)cc1NC(=O)c1cnc(N(C)C)nc1C. The lowest BCUT2D eigenvalue weighted by atomic mass is 10.2. The van der Waals surface area contributed by atoms with Crippen LogP contribution < -0.4 is 15.0 Å². The van der Waals surface area contributed by atoms with E-state index in [9.17, 15) is 4.79 Å². The van der Waals surface area contributed by atoms with Crippen LogP contribution in [0.1, 0.15) is 16.1 Å². The molecule has 0 saturated carbocycles. The van der Waals surface area contributed by atoms with Gasteiger partial charge >= 0.3 is 0 Å². The molecule has 0 radical (unpaired) electrons. The van der Waals surface area contributed by atoms with Crippen LogP contribution in [-0.2, 0) is 0 Å². The molecule has 0 bridgehead atoms. The van der Waals surface area contributed by atoms with Gasteiger partial charge in [0.1, 0.15) is 18.4 Å². The standard InChI is InChI=1S/C17H19N7O2/c1-11-13(8-18-17(21-11)23(2)3)16(25)22-14-7-12(5-6-15(14)26-4)24-9-19-20-10-24/h5-10H,1-4H3,(H,22,25). The Labute approximate surface area is 150 Å². The maximum atomic E-state index is 12.7. The number of ether oxygens (including phenoxy) is 1. The Balaban J connectivity index is 1.90. The smallest absolute Gasteiger partial charge is 0.259 e. The van der Waals surface area contributed by atoms with Crippen LogP contribution in [0.3, 0.4) is 0 Å². The molecule has 2 heterocycles. The Morgan fingerprint density at radius 3 is 2.58 bits per heavy atom. The highest BCUT2D eigenvalue weighted by atomic mass is 16.5. The normalized spacial score (nSPS) is 10.5. The second-order valence-corrected chi connectivity index (χ2v) is 5.77. The van der Waals surface area contributed by atoms with E-state index in [1.54, 1.807) is 48.3 Å². The molecule has 9 nitrogen and oxygen atoms in total. The molecule has 2 aromatic heterocycles. The van der Waals surface area contributed by atoms with E-state index in [4.69, 9.17) is 4.74 Å². The van der Waals surface area contributed by atoms with Crippen LogP contribution in [-0.4, -0.2) is 51.8 Å². The lowest BCUT2D eigenvalue weighted by Crippen LogP contribution is -2.18. The molecule has 1 amide bonds. The predicted molar refractivity (Wildman–Crippen MR) is 97.0 cm³/mol. The van der Waals surface area contributed by atoms with E-state index in [-0.39, 0.29) is 5.91 Å². The van der Waals surface area contributed by atoms with Crippen molar-refractivity contribution in [2.24, 2.45) is 0 Å². The highest BCUT2D eigenvalue weighted by Gasteiger charge is 2.15. The van der Waals surface area contributed by atoms with Crippen LogP contribution in [0.5, 0.6) is 5.75 Å². The molecule has 0 aliphatic rings. The van der Waals surface area contributed by atoms with Gasteiger partial charge in [0.2, 0.25) is 5.95 Å². The fourth-order valence-electron chi connectivity index (χ4n) is 2.37. The summed E-state index contributed by atoms with van der Waals surface area (Å²) in [5, 5.41) is 10.4. The summed E-state index contributed by atoms with van der Waals surface area (Å²) in [7, 11) is 5.23. The third-order valence-corrected chi connectivity index (χ3v) is 3.76. The summed E-state index contributed by atoms with van der Waals surface area (Å²) in [5.41, 5.74) is 2.31. The monoisotopic (exact) mass is 353 g/mol. The Bertz CT molecular complexity index is 923. The molecule has 0 saturated heterocycles. The van der Waals surface area contributed by atoms with Crippen molar-refractivity contribution in [1.29, 1.82) is 0 Å². The molecule has 3 rings (SSSR count). The van der Waals surface area contributed by atoms with Gasteiger partial charge in [-0.3, -0.25) is 9.36 Å². The Hall–Kier alpha value is -3.49. The molecular weight excluding hydrogens is 334 g/mol. The number of amides is 1. The van der Waals surface area contributed by atoms with Gasteiger partial charge in [-0.15, -0.1) is 10.2 Å². The van der Waals surface area contributed by atoms with Crippen molar-refractivity contribution in [1.82, 2.24) is 24.7 Å². The molecule has 1 N–H and O–H groups in total. The zero-order valence-electron chi connectivity index (χ0n) is 15.0. The first-order chi connectivity index (χ1) is 12.5. The van der Waals surface area contributed by atoms with Crippen molar-refractivity contribution in [3.05, 3.63) is 48.3 Å². The van der Waals surface area contributed by atoms with E-state index >= 15 is 0 Å². The van der Waals surface area contributed by atoms with Gasteiger partial charge in [0.05, 0.1) is 29.7 Å². The number of carbonyl (C=O) groups is 1. The fourth-order valence-corrected chi connectivity index (χ4v) is 2.37. The number of aromatic nitrogens is 5. The van der Waals surface area contributed by atoms with Gasteiger partial charge in [-0.25, -0.2) is 9.97 Å². The summed E-state index contributed by atoms with van der Waals surface area (Å²) in [4.78, 5) is 23.0. The number of nitrogens with one attached hydrogen (secondary N) is 1. The van der Waals surface area contributed by atoms with Crippen LogP contribution in [0.15, 0.2) is 37.1 Å². The average Bonchev–Trinajstić information content (AvgIpc) is 3.16. The second kappa shape index (κ2) is 7.18. The molecule has 3 aromatic rings. The third-order valence-electron chi connectivity index (χ3n) is 3.76. The Morgan fingerprint density at radius 1 is 1.23 bits per heavy atom. The Morgan fingerprint density at radius 2 is 1.96 bits per heavy atom. The van der Waals surface area contributed by atoms with Crippen molar-refractivity contribution < 1.29 is 9.53 Å². The quantitative estimate of drug-likeness (QED) is 0.745. The van der Waals surface area contributed by atoms with Crippen molar-refractivity contribution in [3.63, 3.8) is 0 Å². The van der Waals surface area contributed by atoms with Gasteiger partial charge in [0, 0.05) is 20.3 Å². The lowest BCUT2D eigenvalue weighted by Gasteiger charge is -2.14. The summed E-state index contributed by atoms with van der Waals surface area (Å²) in [6, 6.07) is 5.39. The first-order valence-electron chi connectivity index (χ1n) is 7.85. The molecular formula is C17H19N7O2. The van der Waals surface area contributed by atoms with E-state index in [0.29, 0.717) is 28.6 Å². The predicted octanol–water partition coefficient (Wildman–Crippen LogP) is 1.69. The van der Waals surface area contributed by atoms with Crippen LogP contribution in [0, 0.1) is 6.92 Å². The van der Waals surface area contributed by atoms with E-state index in [1.165, 1.54) is 6.20 Å². The number of aryl methyl sites for hydroxylation is 1. The van der Waals surface area contributed by atoms with Gasteiger partial charge in [-0.05, 0) is 25.1 Å². The molecule has 0 unspecified atom stereocenters. The molecule has 0 atom stereocenters. The first kappa shape index (κ1) is 17.3. The van der Waals surface area contributed by atoms with E-state index in [2.05, 4.69) is 25.5 Å².